The molecule has 3 atom stereocenters. The summed E-state index contributed by atoms with van der Waals surface area (Å²) in [5.74, 6) is -0.504. The molecule has 2 saturated heterocycles. The Morgan fingerprint density at radius 3 is 2.57 bits per heavy atom. The highest BCUT2D eigenvalue weighted by Crippen LogP contribution is 2.55. The fraction of sp³-hybridized carbons (Fsp3) is 0.500. The van der Waals surface area contributed by atoms with Gasteiger partial charge in [0.1, 0.15) is 5.82 Å². The van der Waals surface area contributed by atoms with Crippen molar-refractivity contribution in [3.63, 3.8) is 0 Å². The van der Waals surface area contributed by atoms with Crippen LogP contribution in [-0.2, 0) is 0 Å². The zero-order valence-electron chi connectivity index (χ0n) is 17.5. The van der Waals surface area contributed by atoms with E-state index in [1.54, 1.807) is 25.7 Å². The molecular weight excluding hydrogens is 390 g/mol. The number of amides is 2. The van der Waals surface area contributed by atoms with Crippen molar-refractivity contribution in [2.24, 2.45) is 5.92 Å². The minimum atomic E-state index is -1.07. The van der Waals surface area contributed by atoms with E-state index in [9.17, 15) is 18.7 Å². The second-order valence-electron chi connectivity index (χ2n) is 9.17. The highest BCUT2D eigenvalue weighted by atomic mass is 19.1. The van der Waals surface area contributed by atoms with E-state index in [2.05, 4.69) is 22.2 Å². The Bertz CT molecular complexity index is 990. The zero-order valence-corrected chi connectivity index (χ0v) is 17.5. The lowest BCUT2D eigenvalue weighted by molar-refractivity contribution is -0.189. The van der Waals surface area contributed by atoms with Crippen LogP contribution in [0.5, 0.6) is 0 Å². The molecule has 2 aliphatic rings. The van der Waals surface area contributed by atoms with Crippen LogP contribution in [0.3, 0.4) is 0 Å². The quantitative estimate of drug-likeness (QED) is 0.783. The summed E-state index contributed by atoms with van der Waals surface area (Å²) in [6.07, 6.45) is 4.37. The maximum Gasteiger partial charge on any atom is 0.322 e. The fourth-order valence-corrected chi connectivity index (χ4v) is 5.10. The van der Waals surface area contributed by atoms with Crippen LogP contribution in [0.25, 0.3) is 11.4 Å². The standard InChI is InChI=1S/C22H26F2N4O2/c1-12-5-15-9-22(8-12,21(3,4)30)28(15)20(29)27-18-7-16(13(2)6-17(18)24)19-25-10-14(23)11-26-19/h6-7,10-12,15,30H,5,8-9H2,1-4H3,(H,27,29). The Labute approximate surface area is 174 Å². The van der Waals surface area contributed by atoms with Crippen LogP contribution in [-0.4, -0.2) is 43.2 Å². The molecule has 2 amide bonds. The summed E-state index contributed by atoms with van der Waals surface area (Å²) in [7, 11) is 0. The highest BCUT2D eigenvalue weighted by molar-refractivity contribution is 5.92. The number of halogens is 2. The van der Waals surface area contributed by atoms with Gasteiger partial charge in [-0.1, -0.05) is 6.92 Å². The van der Waals surface area contributed by atoms with Gasteiger partial charge in [-0.15, -0.1) is 0 Å². The first-order valence-electron chi connectivity index (χ1n) is 10.1. The van der Waals surface area contributed by atoms with Gasteiger partial charge in [0.05, 0.1) is 29.2 Å². The lowest BCUT2D eigenvalue weighted by atomic mass is 9.58. The summed E-state index contributed by atoms with van der Waals surface area (Å²) in [5, 5.41) is 13.5. The average molecular weight is 416 g/mol. The Morgan fingerprint density at radius 2 is 1.93 bits per heavy atom. The molecule has 2 bridgehead atoms. The van der Waals surface area contributed by atoms with E-state index in [0.29, 0.717) is 23.5 Å². The lowest BCUT2D eigenvalue weighted by Crippen LogP contribution is -2.79. The second-order valence-corrected chi connectivity index (χ2v) is 9.17. The van der Waals surface area contributed by atoms with Crippen molar-refractivity contribution < 1.29 is 18.7 Å². The number of anilines is 1. The molecule has 0 saturated carbocycles. The van der Waals surface area contributed by atoms with Crippen LogP contribution >= 0.6 is 0 Å². The zero-order chi connectivity index (χ0) is 21.8. The lowest BCUT2D eigenvalue weighted by Gasteiger charge is -2.67. The molecule has 0 spiro atoms. The minimum Gasteiger partial charge on any atom is -0.388 e. The molecule has 1 aromatic carbocycles. The summed E-state index contributed by atoms with van der Waals surface area (Å²) >= 11 is 0. The molecule has 2 aliphatic heterocycles. The highest BCUT2D eigenvalue weighted by Gasteiger charge is 2.64. The van der Waals surface area contributed by atoms with Crippen LogP contribution in [0.2, 0.25) is 0 Å². The third-order valence-electron chi connectivity index (χ3n) is 6.53. The molecular formula is C22H26F2N4O2. The summed E-state index contributed by atoms with van der Waals surface area (Å²) < 4.78 is 27.8. The summed E-state index contributed by atoms with van der Waals surface area (Å²) in [6.45, 7) is 7.26. The predicted octanol–water partition coefficient (Wildman–Crippen LogP) is 4.28. The smallest absolute Gasteiger partial charge is 0.322 e. The van der Waals surface area contributed by atoms with E-state index in [4.69, 9.17) is 0 Å². The van der Waals surface area contributed by atoms with Crippen LogP contribution in [0, 0.1) is 24.5 Å². The predicted molar refractivity (Wildman–Crippen MR) is 109 cm³/mol. The monoisotopic (exact) mass is 416 g/mol. The number of piperidine rings is 1. The number of nitrogens with zero attached hydrogens (tertiary/aromatic N) is 3. The van der Waals surface area contributed by atoms with Crippen LogP contribution in [0.1, 0.15) is 45.6 Å². The van der Waals surface area contributed by atoms with Crippen molar-refractivity contribution in [3.8, 4) is 11.4 Å². The maximum absolute atomic E-state index is 14.7. The minimum absolute atomic E-state index is 0.00237. The molecule has 30 heavy (non-hydrogen) atoms. The van der Waals surface area contributed by atoms with Gasteiger partial charge in [0.25, 0.3) is 0 Å². The van der Waals surface area contributed by atoms with Crippen molar-refractivity contribution in [1.29, 1.82) is 0 Å². The number of aromatic nitrogens is 2. The van der Waals surface area contributed by atoms with Crippen molar-refractivity contribution in [2.45, 2.75) is 64.1 Å². The summed E-state index contributed by atoms with van der Waals surface area (Å²) in [6, 6.07) is 2.34. The molecule has 4 rings (SSSR count). The maximum atomic E-state index is 14.7. The number of carbonyl (C=O) groups excluding carboxylic acids is 1. The Morgan fingerprint density at radius 1 is 1.27 bits per heavy atom. The van der Waals surface area contributed by atoms with E-state index in [-0.39, 0.29) is 17.6 Å². The second kappa shape index (κ2) is 6.97. The number of rotatable bonds is 3. The van der Waals surface area contributed by atoms with Gasteiger partial charge in [0.2, 0.25) is 0 Å². The van der Waals surface area contributed by atoms with E-state index in [1.807, 2.05) is 0 Å². The molecule has 8 heteroatoms. The molecule has 2 N–H and O–H groups in total. The SMILES string of the molecule is Cc1cc(F)c(NC(=O)N2C3CC(C)CC2(C(C)(C)O)C3)cc1-c1ncc(F)cn1. The van der Waals surface area contributed by atoms with Gasteiger partial charge in [-0.2, -0.15) is 0 Å². The number of benzene rings is 1. The van der Waals surface area contributed by atoms with Gasteiger partial charge in [0, 0.05) is 11.6 Å². The first-order chi connectivity index (χ1) is 14.0. The molecule has 2 fully saturated rings. The Balaban J connectivity index is 1.64. The molecule has 2 aromatic rings. The molecule has 0 radical (unpaired) electrons. The molecule has 3 heterocycles. The van der Waals surface area contributed by atoms with Crippen LogP contribution < -0.4 is 5.32 Å². The van der Waals surface area contributed by atoms with Crippen molar-refractivity contribution >= 4 is 11.7 Å². The van der Waals surface area contributed by atoms with Crippen molar-refractivity contribution in [3.05, 3.63) is 41.7 Å². The number of aryl methyl sites for hydroxylation is 1. The van der Waals surface area contributed by atoms with Gasteiger partial charge in [0.15, 0.2) is 11.6 Å². The van der Waals surface area contributed by atoms with E-state index < -0.39 is 28.8 Å². The van der Waals surface area contributed by atoms with Gasteiger partial charge in [-0.3, -0.25) is 0 Å². The summed E-state index contributed by atoms with van der Waals surface area (Å²) in [5.41, 5.74) is -0.670. The largest absolute Gasteiger partial charge is 0.388 e. The Kier molecular flexibility index (Phi) is 4.80. The van der Waals surface area contributed by atoms with Gasteiger partial charge >= 0.3 is 6.03 Å². The number of nitrogens with one attached hydrogen (secondary N) is 1. The van der Waals surface area contributed by atoms with E-state index in [1.165, 1.54) is 12.1 Å². The topological polar surface area (TPSA) is 78.4 Å². The first-order valence-corrected chi connectivity index (χ1v) is 10.1. The third-order valence-corrected chi connectivity index (χ3v) is 6.53. The first kappa shape index (κ1) is 20.7. The van der Waals surface area contributed by atoms with Gasteiger partial charge < -0.3 is 15.3 Å². The summed E-state index contributed by atoms with van der Waals surface area (Å²) in [4.78, 5) is 22.7. The molecule has 0 aliphatic carbocycles. The van der Waals surface area contributed by atoms with Gasteiger partial charge in [-0.25, -0.2) is 23.5 Å². The number of aliphatic hydroxyl groups is 1. The van der Waals surface area contributed by atoms with Crippen molar-refractivity contribution in [1.82, 2.24) is 14.9 Å². The molecule has 6 nitrogen and oxygen atoms in total. The van der Waals surface area contributed by atoms with E-state index in [0.717, 1.165) is 25.2 Å². The average Bonchev–Trinajstić information content (AvgIpc) is 2.63. The molecule has 1 aromatic heterocycles. The van der Waals surface area contributed by atoms with Crippen LogP contribution in [0.4, 0.5) is 19.3 Å². The number of hydrogen-bond donors (Lipinski definition) is 2. The Hall–Kier alpha value is -2.61. The third kappa shape index (κ3) is 3.23. The number of hydrogen-bond acceptors (Lipinski definition) is 4. The fourth-order valence-electron chi connectivity index (χ4n) is 5.10. The number of urea groups is 1. The van der Waals surface area contributed by atoms with E-state index >= 15 is 0 Å². The number of fused-ring (bicyclic) bond motifs is 2. The number of carbonyl (C=O) groups is 1. The van der Waals surface area contributed by atoms with Gasteiger partial charge in [-0.05, 0) is 63.6 Å². The molecule has 160 valence electrons. The van der Waals surface area contributed by atoms with Crippen molar-refractivity contribution in [2.75, 3.05) is 5.32 Å². The van der Waals surface area contributed by atoms with Crippen LogP contribution in [0.15, 0.2) is 24.5 Å². The molecule has 3 unspecified atom stereocenters. The normalized spacial score (nSPS) is 25.6.